The van der Waals surface area contributed by atoms with E-state index in [1.165, 1.54) is 0 Å². The van der Waals surface area contributed by atoms with Crippen LogP contribution in [-0.4, -0.2) is 53.3 Å². The summed E-state index contributed by atoms with van der Waals surface area (Å²) in [6.07, 6.45) is -1.60. The molecule has 0 nitrogen and oxygen atoms in total. The van der Waals surface area contributed by atoms with Gasteiger partial charge in [-0.15, -0.1) is 0 Å². The minimum absolute atomic E-state index is 0.344. The predicted molar refractivity (Wildman–Crippen MR) is 249 cm³/mol. The highest BCUT2D eigenvalue weighted by Gasteiger charge is 2.80. The summed E-state index contributed by atoms with van der Waals surface area (Å²) >= 11 is 0. The zero-order chi connectivity index (χ0) is 40.2. The second kappa shape index (κ2) is 13.3. The Labute approximate surface area is 322 Å². The van der Waals surface area contributed by atoms with E-state index in [0.717, 1.165) is 11.1 Å². The van der Waals surface area contributed by atoms with Crippen molar-refractivity contribution in [1.82, 2.24) is 0 Å². The van der Waals surface area contributed by atoms with Gasteiger partial charge in [0.15, 0.2) is 0 Å². The third kappa shape index (κ3) is 8.38. The normalized spacial score (nSPS) is 19.1. The summed E-state index contributed by atoms with van der Waals surface area (Å²) in [5.74, 6) is 0. The molecule has 0 radical (unpaired) electrons. The van der Waals surface area contributed by atoms with Crippen LogP contribution >= 0.6 is 0 Å². The van der Waals surface area contributed by atoms with Gasteiger partial charge in [0.25, 0.3) is 0 Å². The van der Waals surface area contributed by atoms with Crippen molar-refractivity contribution < 1.29 is 0 Å². The average Bonchev–Trinajstić information content (AvgIpc) is 3.27. The smallest absolute Gasteiger partial charge is 0.0625 e. The van der Waals surface area contributed by atoms with Crippen LogP contribution in [0, 0.1) is 21.7 Å². The maximum atomic E-state index is 2.80. The maximum Gasteiger partial charge on any atom is 0.0715 e. The minimum Gasteiger partial charge on any atom is -0.0625 e. The summed E-state index contributed by atoms with van der Waals surface area (Å²) in [6.45, 7) is 81.5. The predicted octanol–water partition coefficient (Wildman–Crippen LogP) is 13.6. The largest absolute Gasteiger partial charge is 0.0715 e. The Hall–Kier alpha value is 1.52. The van der Waals surface area contributed by atoms with E-state index in [4.69, 9.17) is 0 Å². The molecule has 0 bridgehead atoms. The molecule has 0 unspecified atom stereocenters. The fourth-order valence-corrected chi connectivity index (χ4v) is 324. The van der Waals surface area contributed by atoms with Crippen molar-refractivity contribution in [1.29, 1.82) is 0 Å². The van der Waals surface area contributed by atoms with Gasteiger partial charge in [0.05, 0.1) is 15.2 Å². The number of hydrogen-bond acceptors (Lipinski definition) is 0. The lowest BCUT2D eigenvalue weighted by atomic mass is 9.77. The molecule has 0 aromatic carbocycles. The van der Waals surface area contributed by atoms with Crippen LogP contribution < -0.4 is 0 Å². The molecule has 0 aromatic heterocycles. The maximum absolute atomic E-state index is 2.80. The first kappa shape index (κ1) is 48.5. The molecule has 0 N–H and O–H groups in total. The van der Waals surface area contributed by atoms with Crippen LogP contribution in [-0.2, 0) is 0 Å². The first-order valence-electron chi connectivity index (χ1n) is 20.4. The fourth-order valence-electron chi connectivity index (χ4n) is 15.5. The Bertz CT molecular complexity index is 1000. The van der Waals surface area contributed by atoms with Gasteiger partial charge >= 0.3 is 0 Å². The quantitative estimate of drug-likeness (QED) is 0.235. The van der Waals surface area contributed by atoms with Crippen LogP contribution in [0.3, 0.4) is 0 Å². The van der Waals surface area contributed by atoms with E-state index in [1.54, 1.807) is 0 Å². The third-order valence-corrected chi connectivity index (χ3v) is 172. The molecule has 0 atom stereocenters. The molecular weight excluding hydrogens is 701 g/mol. The lowest BCUT2D eigenvalue weighted by Crippen LogP contribution is -2.71. The van der Waals surface area contributed by atoms with Gasteiger partial charge in [0.2, 0.25) is 0 Å². The molecule has 0 aliphatic carbocycles. The zero-order valence-electron chi connectivity index (χ0n) is 40.1. The minimum atomic E-state index is -1.97. The standard InChI is InChI=1S/C42H96Si7/c1-33(2,3)31(34(4,5)6)43-49(44-32(35(7,8)9)36(10,11)12)45(47(37(13,14)15,38(16,17)18)39(19,20)21)46(49)48(40(22,23)24,41(25,26)27)42(28,29)30/h31-32H,43-44H2,1-30H3. The molecule has 7 heteroatoms. The average molecular weight is 798 g/mol. The molecule has 1 aliphatic heterocycles. The van der Waals surface area contributed by atoms with Gasteiger partial charge in [-0.3, -0.25) is 0 Å². The van der Waals surface area contributed by atoms with Gasteiger partial charge < -0.3 is 0 Å². The van der Waals surface area contributed by atoms with Crippen molar-refractivity contribution in [2.24, 2.45) is 21.7 Å². The van der Waals surface area contributed by atoms with E-state index in [2.05, 4.69) is 208 Å². The van der Waals surface area contributed by atoms with Crippen LogP contribution in [0.4, 0.5) is 0 Å². The van der Waals surface area contributed by atoms with Gasteiger partial charge in [-0.25, -0.2) is 0 Å². The van der Waals surface area contributed by atoms with E-state index in [0.29, 0.717) is 51.9 Å². The van der Waals surface area contributed by atoms with Crippen molar-refractivity contribution in [2.75, 3.05) is 0 Å². The van der Waals surface area contributed by atoms with Crippen LogP contribution in [0.15, 0.2) is 0 Å². The summed E-state index contributed by atoms with van der Waals surface area (Å²) in [4.78, 5) is 0. The second-order valence-electron chi connectivity index (χ2n) is 27.8. The highest BCUT2D eigenvalue weighted by Crippen LogP contribution is 2.70. The highest BCUT2D eigenvalue weighted by atomic mass is 30.5. The van der Waals surface area contributed by atoms with Gasteiger partial charge in [-0.2, -0.15) is 0 Å². The molecule has 1 rings (SSSR count). The zero-order valence-corrected chi connectivity index (χ0v) is 47.9. The molecule has 0 fully saturated rings. The first-order valence-corrected chi connectivity index (χ1v) is 40.7. The molecule has 0 aromatic rings. The first-order chi connectivity index (χ1) is 20.7. The van der Waals surface area contributed by atoms with E-state index in [1.807, 2.05) is 0 Å². The molecule has 49 heavy (non-hydrogen) atoms. The summed E-state index contributed by atoms with van der Waals surface area (Å²) in [5, 5.41) is 2.40. The molecule has 0 amide bonds. The molecule has 1 heterocycles. The van der Waals surface area contributed by atoms with Crippen LogP contribution in [0.25, 0.3) is 0 Å². The van der Waals surface area contributed by atoms with E-state index in [9.17, 15) is 0 Å². The monoisotopic (exact) mass is 797 g/mol. The van der Waals surface area contributed by atoms with Crippen molar-refractivity contribution >= 4 is 53.3 Å². The molecular formula is C42H96Si7. The summed E-state index contributed by atoms with van der Waals surface area (Å²) in [7, 11) is -4.63. The van der Waals surface area contributed by atoms with Crippen molar-refractivity contribution in [3.8, 4) is 0 Å². The lowest BCUT2D eigenvalue weighted by molar-refractivity contribution is 0.233. The fraction of sp³-hybridized carbons (Fsp3) is 1.00. The Morgan fingerprint density at radius 3 is 0.551 bits per heavy atom. The topological polar surface area (TPSA) is 0 Å². The third-order valence-electron chi connectivity index (χ3n) is 13.9. The molecule has 0 saturated carbocycles. The van der Waals surface area contributed by atoms with Crippen molar-refractivity contribution in [3.63, 3.8) is 0 Å². The Morgan fingerprint density at radius 1 is 0.306 bits per heavy atom. The summed E-state index contributed by atoms with van der Waals surface area (Å²) < 4.78 is 0. The SMILES string of the molecule is CC(C)(C)C([SiH2][Si]1([SiH2]C(C(C)(C)C)C(C)(C)C)[Si]([Si](C(C)(C)C)(C(C)(C)C)C(C)(C)C)=[Si]1[Si](C(C)(C)C)(C(C)(C)C)C(C)(C)C)C(C)(C)C. The molecule has 292 valence electrons. The van der Waals surface area contributed by atoms with Crippen LogP contribution in [0.5, 0.6) is 0 Å². The van der Waals surface area contributed by atoms with Gasteiger partial charge in [0, 0.05) is 24.2 Å². The van der Waals surface area contributed by atoms with Crippen LogP contribution in [0.1, 0.15) is 208 Å². The molecule has 0 spiro atoms. The van der Waals surface area contributed by atoms with Crippen molar-refractivity contribution in [3.05, 3.63) is 0 Å². The summed E-state index contributed by atoms with van der Waals surface area (Å²) in [5.41, 5.74) is 3.35. The molecule has 1 aliphatic rings. The lowest BCUT2D eigenvalue weighted by Gasteiger charge is -2.61. The Balaban J connectivity index is 5.18. The Kier molecular flexibility index (Phi) is 13.2. The number of rotatable bonds is 6. The van der Waals surface area contributed by atoms with Gasteiger partial charge in [-0.05, 0) is 76.8 Å². The summed E-state index contributed by atoms with van der Waals surface area (Å²) in [6, 6.07) is 0. The van der Waals surface area contributed by atoms with Crippen molar-refractivity contribution in [2.45, 2.75) is 249 Å². The number of hydrogen-bond donors (Lipinski definition) is 0. The molecule has 0 saturated heterocycles. The van der Waals surface area contributed by atoms with Gasteiger partial charge in [-0.1, -0.05) is 208 Å². The highest BCUT2D eigenvalue weighted by molar-refractivity contribution is 8.24. The Morgan fingerprint density at radius 2 is 0.449 bits per heavy atom. The second-order valence-corrected chi connectivity index (χ2v) is 96.8. The van der Waals surface area contributed by atoms with E-state index in [-0.39, 0.29) is 18.1 Å². The van der Waals surface area contributed by atoms with Crippen LogP contribution in [0.2, 0.25) is 41.3 Å². The van der Waals surface area contributed by atoms with E-state index >= 15 is 0 Å². The van der Waals surface area contributed by atoms with E-state index < -0.39 is 35.2 Å². The van der Waals surface area contributed by atoms with Gasteiger partial charge in [0.1, 0.15) is 0 Å².